The summed E-state index contributed by atoms with van der Waals surface area (Å²) in [7, 11) is 0. The molecular formula is C18H16ClN3OS2. The van der Waals surface area contributed by atoms with Gasteiger partial charge in [-0.2, -0.15) is 11.3 Å². The lowest BCUT2D eigenvalue weighted by Gasteiger charge is -2.36. The molecule has 0 saturated carbocycles. The van der Waals surface area contributed by atoms with Crippen molar-refractivity contribution in [1.29, 1.82) is 0 Å². The van der Waals surface area contributed by atoms with Crippen LogP contribution in [0.15, 0.2) is 46.5 Å². The Morgan fingerprint density at radius 2 is 1.88 bits per heavy atom. The van der Waals surface area contributed by atoms with E-state index in [1.54, 1.807) is 11.3 Å². The van der Waals surface area contributed by atoms with Gasteiger partial charge in [0.2, 0.25) is 0 Å². The molecule has 2 aromatic heterocycles. The highest BCUT2D eigenvalue weighted by atomic mass is 35.5. The number of piperazine rings is 1. The lowest BCUT2D eigenvalue weighted by molar-refractivity contribution is 0.0742. The number of thiazole rings is 1. The fourth-order valence-electron chi connectivity index (χ4n) is 2.91. The van der Waals surface area contributed by atoms with E-state index in [2.05, 4.69) is 15.3 Å². The standard InChI is InChI=1S/C18H16ClN3OS2/c19-14-3-1-2-4-16(14)21-6-8-22(9-7-21)18(23)15-12-25-17(20-15)13-5-10-24-11-13/h1-5,10-12H,6-9H2. The van der Waals surface area contributed by atoms with Crippen molar-refractivity contribution in [2.75, 3.05) is 31.1 Å². The van der Waals surface area contributed by atoms with Crippen LogP contribution in [0.1, 0.15) is 10.5 Å². The molecule has 7 heteroatoms. The summed E-state index contributed by atoms with van der Waals surface area (Å²) < 4.78 is 0. The summed E-state index contributed by atoms with van der Waals surface area (Å²) in [6, 6.07) is 9.86. The molecule has 1 saturated heterocycles. The number of thiophene rings is 1. The number of nitrogens with zero attached hydrogens (tertiary/aromatic N) is 3. The average Bonchev–Trinajstić information content (AvgIpc) is 3.33. The normalized spacial score (nSPS) is 14.8. The Kier molecular flexibility index (Phi) is 4.74. The summed E-state index contributed by atoms with van der Waals surface area (Å²) in [4.78, 5) is 21.3. The SMILES string of the molecule is O=C(c1csc(-c2ccsc2)n1)N1CCN(c2ccccc2Cl)CC1. The Morgan fingerprint density at radius 1 is 1.08 bits per heavy atom. The van der Waals surface area contributed by atoms with E-state index < -0.39 is 0 Å². The first-order chi connectivity index (χ1) is 12.2. The Bertz CT molecular complexity index is 870. The third kappa shape index (κ3) is 3.42. The maximum absolute atomic E-state index is 12.7. The van der Waals surface area contributed by atoms with Crippen LogP contribution in [0.5, 0.6) is 0 Å². The van der Waals surface area contributed by atoms with E-state index in [0.717, 1.165) is 34.4 Å². The van der Waals surface area contributed by atoms with E-state index in [9.17, 15) is 4.79 Å². The van der Waals surface area contributed by atoms with E-state index in [-0.39, 0.29) is 5.91 Å². The van der Waals surface area contributed by atoms with E-state index >= 15 is 0 Å². The molecule has 3 aromatic rings. The molecule has 1 aliphatic rings. The number of rotatable bonds is 3. The van der Waals surface area contributed by atoms with Gasteiger partial charge in [-0.3, -0.25) is 4.79 Å². The summed E-state index contributed by atoms with van der Waals surface area (Å²) in [5.74, 6) is 0.0107. The number of aromatic nitrogens is 1. The number of carbonyl (C=O) groups excluding carboxylic acids is 1. The summed E-state index contributed by atoms with van der Waals surface area (Å²) in [6.07, 6.45) is 0. The van der Waals surface area contributed by atoms with Crippen molar-refractivity contribution in [2.45, 2.75) is 0 Å². The van der Waals surface area contributed by atoms with Crippen LogP contribution in [0.3, 0.4) is 0 Å². The van der Waals surface area contributed by atoms with Gasteiger partial charge >= 0.3 is 0 Å². The van der Waals surface area contributed by atoms with Gasteiger partial charge in [0, 0.05) is 42.5 Å². The molecule has 1 aliphatic heterocycles. The molecule has 4 nitrogen and oxygen atoms in total. The molecule has 1 aromatic carbocycles. The number of carbonyl (C=O) groups is 1. The molecule has 0 radical (unpaired) electrons. The number of halogens is 1. The number of benzene rings is 1. The highest BCUT2D eigenvalue weighted by molar-refractivity contribution is 7.14. The van der Waals surface area contributed by atoms with Crippen LogP contribution in [0.2, 0.25) is 5.02 Å². The fourth-order valence-corrected chi connectivity index (χ4v) is 4.67. The van der Waals surface area contributed by atoms with Gasteiger partial charge in [0.1, 0.15) is 10.7 Å². The van der Waals surface area contributed by atoms with Crippen LogP contribution in [0.4, 0.5) is 5.69 Å². The third-order valence-corrected chi connectivity index (χ3v) is 6.15. The van der Waals surface area contributed by atoms with Crippen LogP contribution in [-0.2, 0) is 0 Å². The van der Waals surface area contributed by atoms with Gasteiger partial charge in [0.15, 0.2) is 0 Å². The van der Waals surface area contributed by atoms with Crippen molar-refractivity contribution >= 4 is 45.9 Å². The maximum Gasteiger partial charge on any atom is 0.273 e. The number of anilines is 1. The molecule has 1 amide bonds. The predicted octanol–water partition coefficient (Wildman–Crippen LogP) is 4.49. The van der Waals surface area contributed by atoms with Crippen LogP contribution < -0.4 is 4.90 Å². The Hall–Kier alpha value is -1.89. The second-order valence-corrected chi connectivity index (χ2v) is 7.83. The number of hydrogen-bond acceptors (Lipinski definition) is 5. The molecule has 0 spiro atoms. The molecule has 3 heterocycles. The van der Waals surface area contributed by atoms with Gasteiger partial charge in [0.25, 0.3) is 5.91 Å². The van der Waals surface area contributed by atoms with E-state index in [0.29, 0.717) is 18.8 Å². The smallest absolute Gasteiger partial charge is 0.273 e. The fraction of sp³-hybridized carbons (Fsp3) is 0.222. The van der Waals surface area contributed by atoms with Gasteiger partial charge in [0.05, 0.1) is 10.7 Å². The topological polar surface area (TPSA) is 36.4 Å². The molecule has 1 fully saturated rings. The van der Waals surface area contributed by atoms with Gasteiger partial charge in [-0.1, -0.05) is 23.7 Å². The molecular weight excluding hydrogens is 374 g/mol. The molecule has 0 unspecified atom stereocenters. The summed E-state index contributed by atoms with van der Waals surface area (Å²) in [5, 5.41) is 7.58. The molecule has 0 N–H and O–H groups in total. The highest BCUT2D eigenvalue weighted by Crippen LogP contribution is 2.28. The number of para-hydroxylation sites is 1. The summed E-state index contributed by atoms with van der Waals surface area (Å²) in [5.41, 5.74) is 2.65. The molecule has 0 atom stereocenters. The molecule has 25 heavy (non-hydrogen) atoms. The Balaban J connectivity index is 1.42. The second kappa shape index (κ2) is 7.15. The quantitative estimate of drug-likeness (QED) is 0.662. The van der Waals surface area contributed by atoms with Crippen molar-refractivity contribution in [3.05, 3.63) is 57.2 Å². The van der Waals surface area contributed by atoms with Crippen LogP contribution in [0, 0.1) is 0 Å². The first-order valence-electron chi connectivity index (χ1n) is 7.99. The minimum Gasteiger partial charge on any atom is -0.367 e. The Labute approximate surface area is 159 Å². The van der Waals surface area contributed by atoms with Crippen molar-refractivity contribution < 1.29 is 4.79 Å². The minimum atomic E-state index is 0.0107. The molecule has 4 rings (SSSR count). The first-order valence-corrected chi connectivity index (χ1v) is 10.2. The van der Waals surface area contributed by atoms with Gasteiger partial charge < -0.3 is 9.80 Å². The van der Waals surface area contributed by atoms with Gasteiger partial charge in [-0.05, 0) is 23.6 Å². The lowest BCUT2D eigenvalue weighted by atomic mass is 10.2. The van der Waals surface area contributed by atoms with Crippen LogP contribution >= 0.6 is 34.3 Å². The van der Waals surface area contributed by atoms with E-state index in [1.807, 2.05) is 46.0 Å². The first kappa shape index (κ1) is 16.6. The van der Waals surface area contributed by atoms with E-state index in [4.69, 9.17) is 11.6 Å². The summed E-state index contributed by atoms with van der Waals surface area (Å²) >= 11 is 9.43. The third-order valence-electron chi connectivity index (χ3n) is 4.25. The number of hydrogen-bond donors (Lipinski definition) is 0. The minimum absolute atomic E-state index is 0.0107. The van der Waals surface area contributed by atoms with E-state index in [1.165, 1.54) is 11.3 Å². The maximum atomic E-state index is 12.7. The lowest BCUT2D eigenvalue weighted by Crippen LogP contribution is -2.49. The predicted molar refractivity (Wildman–Crippen MR) is 105 cm³/mol. The average molecular weight is 390 g/mol. The summed E-state index contributed by atoms with van der Waals surface area (Å²) in [6.45, 7) is 2.90. The van der Waals surface area contributed by atoms with Gasteiger partial charge in [-0.15, -0.1) is 11.3 Å². The van der Waals surface area contributed by atoms with Crippen molar-refractivity contribution in [2.24, 2.45) is 0 Å². The molecule has 0 aliphatic carbocycles. The monoisotopic (exact) mass is 389 g/mol. The molecule has 128 valence electrons. The van der Waals surface area contributed by atoms with Crippen molar-refractivity contribution in [3.8, 4) is 10.6 Å². The zero-order chi connectivity index (χ0) is 17.2. The van der Waals surface area contributed by atoms with Crippen LogP contribution in [0.25, 0.3) is 10.6 Å². The zero-order valence-corrected chi connectivity index (χ0v) is 15.8. The molecule has 0 bridgehead atoms. The zero-order valence-electron chi connectivity index (χ0n) is 13.4. The number of amides is 1. The van der Waals surface area contributed by atoms with Crippen molar-refractivity contribution in [1.82, 2.24) is 9.88 Å². The Morgan fingerprint density at radius 3 is 2.60 bits per heavy atom. The van der Waals surface area contributed by atoms with Gasteiger partial charge in [-0.25, -0.2) is 4.98 Å². The largest absolute Gasteiger partial charge is 0.367 e. The highest BCUT2D eigenvalue weighted by Gasteiger charge is 2.24. The van der Waals surface area contributed by atoms with Crippen molar-refractivity contribution in [3.63, 3.8) is 0 Å². The second-order valence-electron chi connectivity index (χ2n) is 5.78. The van der Waals surface area contributed by atoms with Crippen LogP contribution in [-0.4, -0.2) is 42.0 Å².